The normalized spacial score (nSPS) is 4.40. The average Bonchev–Trinajstić information content (AvgIpc) is 0.918. The summed E-state index contributed by atoms with van der Waals surface area (Å²) < 4.78 is 0. The van der Waals surface area contributed by atoms with E-state index in [0.29, 0.717) is 0 Å². The second-order valence-electron chi connectivity index (χ2n) is 0.0431. The van der Waals surface area contributed by atoms with Crippen LogP contribution in [0.25, 0.3) is 0 Å². The van der Waals surface area contributed by atoms with E-state index < -0.39 is 0 Å². The molecule has 0 fully saturated rings. The molecule has 0 aromatic heterocycles. The second-order valence-corrected chi connectivity index (χ2v) is 4.80. The average molecular weight is 392 g/mol. The molecule has 0 N–H and O–H groups in total. The van der Waals surface area contributed by atoms with Crippen LogP contribution in [-0.4, -0.2) is 0 Å². The van der Waals surface area contributed by atoms with Gasteiger partial charge in [-0.05, 0) is 0 Å². The van der Waals surface area contributed by atoms with Crippen LogP contribution in [0.2, 0.25) is 0 Å². The number of hydrogen-bond donors (Lipinski definition) is 0. The molecule has 0 aromatic rings. The van der Waals surface area contributed by atoms with Gasteiger partial charge in [0.05, 0.1) is 0 Å². The minimum atomic E-state index is 0. The Labute approximate surface area is 117 Å². The molecule has 5 heavy (non-hydrogen) atoms. The van der Waals surface area contributed by atoms with Crippen LogP contribution in [0.3, 0.4) is 0 Å². The predicted molar refractivity (Wildman–Crippen MR) is 17.9 cm³/mol. The van der Waals surface area contributed by atoms with Crippen molar-refractivity contribution in [3.63, 3.8) is 0 Å². The molecule has 0 radical (unpaired) electrons. The Morgan fingerprint density at radius 3 is 1.20 bits per heavy atom. The third kappa shape index (κ3) is 18.2. The maximum Gasteiger partial charge on any atom is 1.00 e. The summed E-state index contributed by atoms with van der Waals surface area (Å²) in [7, 11) is 0. The van der Waals surface area contributed by atoms with Crippen LogP contribution in [0.4, 0.5) is 0 Å². The molecule has 0 amide bonds. The largest absolute Gasteiger partial charge is 1.00 e. The smallest absolute Gasteiger partial charge is 1.00 e. The number of hydrogen-bond acceptors (Lipinski definition) is 0. The molecule has 0 rings (SSSR count). The van der Waals surface area contributed by atoms with Gasteiger partial charge in [-0.15, -0.1) is 0 Å². The molecule has 0 aromatic carbocycles. The fraction of sp³-hybridized carbons (Fsp3) is 0. The molecule has 0 aliphatic heterocycles. The summed E-state index contributed by atoms with van der Waals surface area (Å²) in [6.45, 7) is 0. The molecule has 0 aliphatic rings. The molecule has 0 saturated carbocycles. The van der Waals surface area contributed by atoms with Gasteiger partial charge in [-0.3, -0.25) is 0 Å². The topological polar surface area (TPSA) is 0 Å². The van der Waals surface area contributed by atoms with E-state index in [1.54, 1.807) is 0 Å². The van der Waals surface area contributed by atoms with Gasteiger partial charge in [-0.2, -0.15) is 0 Å². The molecular formula is Br2ClCsCu. The van der Waals surface area contributed by atoms with Crippen LogP contribution in [0, 0.1) is 0 Å². The molecule has 33 valence electrons. The molecule has 0 unspecified atom stereocenters. The summed E-state index contributed by atoms with van der Waals surface area (Å²) in [6.07, 6.45) is 0. The molecule has 0 atom stereocenters. The Bertz CT molecular complexity index is 9.61. The zero-order valence-corrected chi connectivity index (χ0v) is 13.6. The zero-order chi connectivity index (χ0) is 2.71. The van der Waals surface area contributed by atoms with Crippen molar-refractivity contribution in [2.45, 2.75) is 0 Å². The summed E-state index contributed by atoms with van der Waals surface area (Å²) in [5.74, 6) is 0. The summed E-state index contributed by atoms with van der Waals surface area (Å²) >= 11 is 7.38. The van der Waals surface area contributed by atoms with Gasteiger partial charge in [-0.1, -0.05) is 0 Å². The van der Waals surface area contributed by atoms with Gasteiger partial charge in [0, 0.05) is 0 Å². The van der Waals surface area contributed by atoms with E-state index >= 15 is 0 Å². The van der Waals surface area contributed by atoms with Crippen LogP contribution < -0.4 is 81.3 Å². The van der Waals surface area contributed by atoms with Crippen molar-refractivity contribution in [1.29, 1.82) is 0 Å². The second kappa shape index (κ2) is 15.7. The SMILES string of the molecule is [Br][Cu][Br].[Cl-].[Cs+]. The first-order chi connectivity index (χ1) is 1.41. The van der Waals surface area contributed by atoms with E-state index in [1.807, 2.05) is 0 Å². The van der Waals surface area contributed by atoms with Crippen molar-refractivity contribution in [2.24, 2.45) is 0 Å². The molecular weight excluding hydrogens is 392 g/mol. The van der Waals surface area contributed by atoms with Crippen molar-refractivity contribution >= 4 is 28.2 Å². The van der Waals surface area contributed by atoms with Gasteiger partial charge in [0.25, 0.3) is 0 Å². The van der Waals surface area contributed by atoms with Crippen LogP contribution >= 0.6 is 28.2 Å². The maximum absolute atomic E-state index is 2.97. The van der Waals surface area contributed by atoms with E-state index in [2.05, 4.69) is 28.2 Å². The molecule has 0 bridgehead atoms. The molecule has 5 heteroatoms. The van der Waals surface area contributed by atoms with Crippen LogP contribution in [0.5, 0.6) is 0 Å². The molecule has 0 heterocycles. The Hall–Kier alpha value is 3.82. The fourth-order valence-electron chi connectivity index (χ4n) is 0. The molecule has 0 nitrogen and oxygen atoms in total. The Morgan fingerprint density at radius 1 is 1.20 bits per heavy atom. The van der Waals surface area contributed by atoms with Crippen LogP contribution in [0.1, 0.15) is 0 Å². The maximum atomic E-state index is 2.97. The zero-order valence-electron chi connectivity index (χ0n) is 2.44. The number of halogens is 3. The van der Waals surface area contributed by atoms with E-state index in [1.165, 1.54) is 11.3 Å². The first kappa shape index (κ1) is 15.9. The summed E-state index contributed by atoms with van der Waals surface area (Å²) in [5.41, 5.74) is 0. The molecule has 0 aliphatic carbocycles. The first-order valence-corrected chi connectivity index (χ1v) is 4.88. The Balaban J connectivity index is -0.0000000200. The van der Waals surface area contributed by atoms with Crippen molar-refractivity contribution in [3.8, 4) is 0 Å². The van der Waals surface area contributed by atoms with Crippen molar-refractivity contribution in [2.75, 3.05) is 0 Å². The quantitative estimate of drug-likeness (QED) is 0.367. The van der Waals surface area contributed by atoms with Crippen molar-refractivity contribution in [1.82, 2.24) is 0 Å². The summed E-state index contributed by atoms with van der Waals surface area (Å²) in [4.78, 5) is 0. The minimum Gasteiger partial charge on any atom is -1.00 e. The van der Waals surface area contributed by atoms with Gasteiger partial charge in [0.1, 0.15) is 0 Å². The Morgan fingerprint density at radius 2 is 1.20 bits per heavy atom. The minimum absolute atomic E-state index is 0. The van der Waals surface area contributed by atoms with Gasteiger partial charge < -0.3 is 12.4 Å². The van der Waals surface area contributed by atoms with Gasteiger partial charge in [0.2, 0.25) is 0 Å². The van der Waals surface area contributed by atoms with E-state index in [-0.39, 0.29) is 81.3 Å². The van der Waals surface area contributed by atoms with Gasteiger partial charge >= 0.3 is 108 Å². The van der Waals surface area contributed by atoms with E-state index in [4.69, 9.17) is 0 Å². The summed E-state index contributed by atoms with van der Waals surface area (Å²) in [6, 6.07) is 0. The van der Waals surface area contributed by atoms with E-state index in [0.717, 1.165) is 0 Å². The van der Waals surface area contributed by atoms with Gasteiger partial charge in [0.15, 0.2) is 0 Å². The van der Waals surface area contributed by atoms with Crippen molar-refractivity contribution < 1.29 is 92.6 Å². The van der Waals surface area contributed by atoms with Crippen LogP contribution in [-0.2, 0) is 11.3 Å². The van der Waals surface area contributed by atoms with Crippen molar-refractivity contribution in [3.05, 3.63) is 0 Å². The number of rotatable bonds is 0. The van der Waals surface area contributed by atoms with Gasteiger partial charge in [-0.25, -0.2) is 0 Å². The standard InChI is InChI=1S/2BrH.ClH.Cs.Cu/h3*1H;;/q;;;+1;+2/p-3. The Kier molecular flexibility index (Phi) is 49.9. The predicted octanol–water partition coefficient (Wildman–Crippen LogP) is -4.30. The van der Waals surface area contributed by atoms with E-state index in [9.17, 15) is 0 Å². The third-order valence-electron chi connectivity index (χ3n) is 0. The monoisotopic (exact) mass is 389 g/mol. The molecule has 0 spiro atoms. The fourth-order valence-corrected chi connectivity index (χ4v) is 0. The van der Waals surface area contributed by atoms with Crippen LogP contribution in [0.15, 0.2) is 0 Å². The summed E-state index contributed by atoms with van der Waals surface area (Å²) in [5, 5.41) is 0. The first-order valence-electron chi connectivity index (χ1n) is 0.228. The third-order valence-corrected chi connectivity index (χ3v) is 0. The molecule has 0 saturated heterocycles.